The Labute approximate surface area is 148 Å². The van der Waals surface area contributed by atoms with Gasteiger partial charge in [-0.2, -0.15) is 0 Å². The summed E-state index contributed by atoms with van der Waals surface area (Å²) in [5.41, 5.74) is 0.403. The molecular weight excluding hydrogens is 316 g/mol. The predicted molar refractivity (Wildman–Crippen MR) is 96.1 cm³/mol. The Hall–Kier alpha value is -2.10. The lowest BCUT2D eigenvalue weighted by molar-refractivity contribution is 0.0963. The lowest BCUT2D eigenvalue weighted by atomic mass is 9.73. The lowest BCUT2D eigenvalue weighted by Gasteiger charge is -2.31. The van der Waals surface area contributed by atoms with Gasteiger partial charge in [0.2, 0.25) is 0 Å². The van der Waals surface area contributed by atoms with Gasteiger partial charge in [0.05, 0.1) is 11.1 Å². The van der Waals surface area contributed by atoms with Gasteiger partial charge in [-0.15, -0.1) is 0 Å². The molecule has 0 amide bonds. The van der Waals surface area contributed by atoms with Crippen LogP contribution in [0.2, 0.25) is 0 Å². The zero-order valence-corrected chi connectivity index (χ0v) is 14.8. The summed E-state index contributed by atoms with van der Waals surface area (Å²) in [4.78, 5) is 25.2. The van der Waals surface area contributed by atoms with Crippen molar-refractivity contribution >= 4 is 11.6 Å². The van der Waals surface area contributed by atoms with Crippen molar-refractivity contribution in [3.05, 3.63) is 34.9 Å². The highest BCUT2D eigenvalue weighted by atomic mass is 16.3. The van der Waals surface area contributed by atoms with Gasteiger partial charge in [-0.1, -0.05) is 32.6 Å². The number of carbonyl (C=O) groups is 2. The van der Waals surface area contributed by atoms with Gasteiger partial charge < -0.3 is 10.2 Å². The average Bonchev–Trinajstić information content (AvgIpc) is 2.61. The van der Waals surface area contributed by atoms with E-state index in [0.29, 0.717) is 5.57 Å². The summed E-state index contributed by atoms with van der Waals surface area (Å²) in [6.07, 6.45) is 10.4. The molecule has 2 aliphatic rings. The van der Waals surface area contributed by atoms with E-state index in [0.717, 1.165) is 31.6 Å². The van der Waals surface area contributed by atoms with Gasteiger partial charge in [0.15, 0.2) is 11.6 Å². The molecule has 1 aromatic carbocycles. The Bertz CT molecular complexity index is 709. The average molecular weight is 342 g/mol. The largest absolute Gasteiger partial charge is 0.507 e. The van der Waals surface area contributed by atoms with Crippen molar-refractivity contribution in [2.45, 2.75) is 58.3 Å². The van der Waals surface area contributed by atoms with Gasteiger partial charge in [-0.25, -0.2) is 0 Å². The number of phenolic OH excluding ortho intramolecular Hbond substituents is 2. The number of unbranched alkanes of at least 4 members (excludes halogenated alkanes) is 2. The number of ketones is 2. The summed E-state index contributed by atoms with van der Waals surface area (Å²) < 4.78 is 0. The van der Waals surface area contributed by atoms with E-state index in [1.54, 1.807) is 0 Å². The van der Waals surface area contributed by atoms with Crippen LogP contribution < -0.4 is 0 Å². The molecule has 3 rings (SSSR count). The second-order valence-electron chi connectivity index (χ2n) is 7.36. The number of rotatable bonds is 5. The van der Waals surface area contributed by atoms with E-state index in [1.165, 1.54) is 43.9 Å². The molecule has 1 saturated carbocycles. The van der Waals surface area contributed by atoms with Crippen LogP contribution in [0.25, 0.3) is 0 Å². The Kier molecular flexibility index (Phi) is 5.26. The Morgan fingerprint density at radius 2 is 1.60 bits per heavy atom. The second-order valence-corrected chi connectivity index (χ2v) is 7.36. The van der Waals surface area contributed by atoms with Crippen molar-refractivity contribution < 1.29 is 19.8 Å². The SMILES string of the molecule is CCCCC[C@H]1CC[C@H](C2=CC(=O)c3c(O)ccc(O)c3C2=O)CC1. The number of hydrogen-bond donors (Lipinski definition) is 2. The van der Waals surface area contributed by atoms with Crippen LogP contribution in [-0.4, -0.2) is 21.8 Å². The van der Waals surface area contributed by atoms with Crippen molar-refractivity contribution in [2.24, 2.45) is 11.8 Å². The minimum atomic E-state index is -0.386. The van der Waals surface area contributed by atoms with Crippen LogP contribution in [0.3, 0.4) is 0 Å². The monoisotopic (exact) mass is 342 g/mol. The number of phenols is 2. The number of fused-ring (bicyclic) bond motifs is 1. The maximum atomic E-state index is 12.8. The van der Waals surface area contributed by atoms with Crippen LogP contribution in [0, 0.1) is 11.8 Å². The minimum Gasteiger partial charge on any atom is -0.507 e. The van der Waals surface area contributed by atoms with Crippen LogP contribution >= 0.6 is 0 Å². The van der Waals surface area contributed by atoms with Gasteiger partial charge in [0.25, 0.3) is 0 Å². The molecule has 0 radical (unpaired) electrons. The van der Waals surface area contributed by atoms with E-state index in [4.69, 9.17) is 0 Å². The van der Waals surface area contributed by atoms with Gasteiger partial charge in [-0.05, 0) is 55.7 Å². The van der Waals surface area contributed by atoms with Crippen LogP contribution in [0.5, 0.6) is 11.5 Å². The summed E-state index contributed by atoms with van der Waals surface area (Å²) in [5.74, 6) is -0.372. The molecule has 0 aromatic heterocycles. The fraction of sp³-hybridized carbons (Fsp3) is 0.524. The summed E-state index contributed by atoms with van der Waals surface area (Å²) in [6, 6.07) is 2.52. The molecule has 4 heteroatoms. The highest BCUT2D eigenvalue weighted by Crippen LogP contribution is 2.41. The zero-order valence-electron chi connectivity index (χ0n) is 14.8. The molecule has 0 spiro atoms. The normalized spacial score (nSPS) is 23.3. The van der Waals surface area contributed by atoms with Crippen LogP contribution in [0.15, 0.2) is 23.8 Å². The van der Waals surface area contributed by atoms with Gasteiger partial charge in [0.1, 0.15) is 11.5 Å². The third kappa shape index (κ3) is 3.48. The van der Waals surface area contributed by atoms with Gasteiger partial charge in [-0.3, -0.25) is 9.59 Å². The quantitative estimate of drug-likeness (QED) is 0.596. The summed E-state index contributed by atoms with van der Waals surface area (Å²) in [6.45, 7) is 2.21. The van der Waals surface area contributed by atoms with Crippen molar-refractivity contribution in [3.8, 4) is 11.5 Å². The number of allylic oxidation sites excluding steroid dienone is 2. The second kappa shape index (κ2) is 7.42. The standard InChI is InChI=1S/C21H26O4/c1-2-3-4-5-13-6-8-14(9-7-13)15-12-18(24)19-16(22)10-11-17(23)20(19)21(15)25/h10-14,22-23H,2-9H2,1H3/t13-,14-. The highest BCUT2D eigenvalue weighted by molar-refractivity contribution is 6.26. The van der Waals surface area contributed by atoms with Gasteiger partial charge >= 0.3 is 0 Å². The van der Waals surface area contributed by atoms with E-state index in [9.17, 15) is 19.8 Å². The fourth-order valence-electron chi connectivity index (χ4n) is 4.23. The first-order chi connectivity index (χ1) is 12.0. The molecule has 0 heterocycles. The van der Waals surface area contributed by atoms with E-state index in [-0.39, 0.29) is 40.1 Å². The number of Topliss-reactive ketones (excluding diaryl/α,β-unsaturated/α-hetero) is 1. The molecule has 0 atom stereocenters. The molecule has 0 aliphatic heterocycles. The smallest absolute Gasteiger partial charge is 0.194 e. The predicted octanol–water partition coefficient (Wildman–Crippen LogP) is 4.79. The van der Waals surface area contributed by atoms with E-state index in [1.807, 2.05) is 0 Å². The molecule has 0 unspecified atom stereocenters. The molecule has 0 saturated heterocycles. The molecule has 4 nitrogen and oxygen atoms in total. The first-order valence-electron chi connectivity index (χ1n) is 9.38. The number of hydrogen-bond acceptors (Lipinski definition) is 4. The number of benzene rings is 1. The lowest BCUT2D eigenvalue weighted by Crippen LogP contribution is -2.25. The number of aromatic hydroxyl groups is 2. The van der Waals surface area contributed by atoms with Crippen LogP contribution in [0.1, 0.15) is 79.0 Å². The van der Waals surface area contributed by atoms with E-state index >= 15 is 0 Å². The maximum absolute atomic E-state index is 12.8. The molecule has 134 valence electrons. The first kappa shape index (κ1) is 17.7. The van der Waals surface area contributed by atoms with E-state index in [2.05, 4.69) is 6.92 Å². The molecule has 25 heavy (non-hydrogen) atoms. The Morgan fingerprint density at radius 1 is 0.960 bits per heavy atom. The Balaban J connectivity index is 1.74. The topological polar surface area (TPSA) is 74.6 Å². The molecule has 0 bridgehead atoms. The molecule has 2 N–H and O–H groups in total. The first-order valence-corrected chi connectivity index (χ1v) is 9.38. The van der Waals surface area contributed by atoms with Crippen molar-refractivity contribution in [3.63, 3.8) is 0 Å². The highest BCUT2D eigenvalue weighted by Gasteiger charge is 2.35. The summed E-state index contributed by atoms with van der Waals surface area (Å²) in [5, 5.41) is 19.9. The molecule has 1 aromatic rings. The van der Waals surface area contributed by atoms with Gasteiger partial charge in [0, 0.05) is 5.57 Å². The minimum absolute atomic E-state index is 0.0347. The third-order valence-electron chi connectivity index (χ3n) is 5.69. The van der Waals surface area contributed by atoms with Crippen LogP contribution in [0.4, 0.5) is 0 Å². The maximum Gasteiger partial charge on any atom is 0.194 e. The summed E-state index contributed by atoms with van der Waals surface area (Å²) >= 11 is 0. The molecular formula is C21H26O4. The number of carbonyl (C=O) groups excluding carboxylic acids is 2. The Morgan fingerprint density at radius 3 is 2.24 bits per heavy atom. The third-order valence-corrected chi connectivity index (χ3v) is 5.69. The van der Waals surface area contributed by atoms with Crippen molar-refractivity contribution in [1.29, 1.82) is 0 Å². The zero-order chi connectivity index (χ0) is 18.0. The van der Waals surface area contributed by atoms with Crippen LogP contribution in [-0.2, 0) is 0 Å². The fourth-order valence-corrected chi connectivity index (χ4v) is 4.23. The summed E-state index contributed by atoms with van der Waals surface area (Å²) in [7, 11) is 0. The van der Waals surface area contributed by atoms with E-state index < -0.39 is 0 Å². The van der Waals surface area contributed by atoms with Crippen molar-refractivity contribution in [2.75, 3.05) is 0 Å². The molecule has 2 aliphatic carbocycles. The molecule has 1 fully saturated rings. The van der Waals surface area contributed by atoms with Crippen molar-refractivity contribution in [1.82, 2.24) is 0 Å².